The van der Waals surface area contributed by atoms with Gasteiger partial charge in [-0.2, -0.15) is 0 Å². The quantitative estimate of drug-likeness (QED) is 0.751. The number of nitrogens with zero attached hydrogens (tertiary/aromatic N) is 1. The first kappa shape index (κ1) is 22.9. The van der Waals surface area contributed by atoms with Crippen molar-refractivity contribution in [3.8, 4) is 0 Å². The number of carbonyl (C=O) groups is 1. The number of hydrogen-bond donors (Lipinski definition) is 2. The Hall–Kier alpha value is -1.19. The van der Waals surface area contributed by atoms with Crippen molar-refractivity contribution in [1.29, 1.82) is 0 Å². The van der Waals surface area contributed by atoms with Gasteiger partial charge in [0.2, 0.25) is 15.9 Å². The molecule has 0 spiro atoms. The van der Waals surface area contributed by atoms with Crippen LogP contribution in [0.5, 0.6) is 0 Å². The summed E-state index contributed by atoms with van der Waals surface area (Å²) in [7, 11) is -0.653. The standard InChI is InChI=1S/C17H27N3O4S.ClH/c1-6-24-14-11-17(18,16(14,2)3)15(21)19-12-8-7-9-13(10-12)25(22,23)20(4)5;/h7-10,14H,6,11,18H2,1-5H3,(H,19,21);1H. The molecular weight excluding hydrogens is 378 g/mol. The molecule has 0 heterocycles. The zero-order valence-electron chi connectivity index (χ0n) is 15.8. The number of carbonyl (C=O) groups excluding carboxylic acids is 1. The SMILES string of the molecule is CCOC1CC(N)(C(=O)Nc2cccc(S(=O)(=O)N(C)C)c2)C1(C)C.Cl. The summed E-state index contributed by atoms with van der Waals surface area (Å²) >= 11 is 0. The Bertz CT molecular complexity index is 767. The molecule has 0 aliphatic heterocycles. The van der Waals surface area contributed by atoms with Crippen molar-refractivity contribution in [2.75, 3.05) is 26.0 Å². The molecule has 7 nitrogen and oxygen atoms in total. The van der Waals surface area contributed by atoms with Gasteiger partial charge >= 0.3 is 0 Å². The summed E-state index contributed by atoms with van der Waals surface area (Å²) in [4.78, 5) is 12.8. The van der Waals surface area contributed by atoms with Crippen molar-refractivity contribution in [1.82, 2.24) is 4.31 Å². The van der Waals surface area contributed by atoms with Gasteiger partial charge in [-0.15, -0.1) is 12.4 Å². The van der Waals surface area contributed by atoms with E-state index in [1.165, 1.54) is 26.2 Å². The van der Waals surface area contributed by atoms with Crippen LogP contribution in [0.3, 0.4) is 0 Å². The average Bonchev–Trinajstić information content (AvgIpc) is 2.54. The third kappa shape index (κ3) is 3.75. The van der Waals surface area contributed by atoms with Crippen LogP contribution < -0.4 is 11.1 Å². The smallest absolute Gasteiger partial charge is 0.245 e. The maximum absolute atomic E-state index is 12.7. The highest BCUT2D eigenvalue weighted by molar-refractivity contribution is 7.89. The number of nitrogens with one attached hydrogen (secondary N) is 1. The zero-order chi connectivity index (χ0) is 19.0. The molecule has 1 aromatic rings. The average molecular weight is 406 g/mol. The second kappa shape index (κ2) is 7.82. The van der Waals surface area contributed by atoms with Crippen molar-refractivity contribution < 1.29 is 17.9 Å². The number of amides is 1. The fraction of sp³-hybridized carbons (Fsp3) is 0.588. The summed E-state index contributed by atoms with van der Waals surface area (Å²) in [5.41, 5.74) is 5.16. The first-order valence-electron chi connectivity index (χ1n) is 8.21. The first-order chi connectivity index (χ1) is 11.5. The van der Waals surface area contributed by atoms with Crippen LogP contribution in [0.2, 0.25) is 0 Å². The Morgan fingerprint density at radius 3 is 2.50 bits per heavy atom. The van der Waals surface area contributed by atoms with E-state index in [0.29, 0.717) is 18.7 Å². The molecule has 1 fully saturated rings. The van der Waals surface area contributed by atoms with E-state index in [9.17, 15) is 13.2 Å². The molecule has 2 unspecified atom stereocenters. The van der Waals surface area contributed by atoms with Gasteiger partial charge in [0.1, 0.15) is 5.54 Å². The van der Waals surface area contributed by atoms with Crippen LogP contribution in [0, 0.1) is 5.41 Å². The largest absolute Gasteiger partial charge is 0.378 e. The molecule has 2 atom stereocenters. The van der Waals surface area contributed by atoms with Gasteiger partial charge in [-0.25, -0.2) is 12.7 Å². The second-order valence-electron chi connectivity index (χ2n) is 7.11. The van der Waals surface area contributed by atoms with Crippen molar-refractivity contribution in [3.05, 3.63) is 24.3 Å². The highest BCUT2D eigenvalue weighted by Gasteiger charge is 2.62. The maximum atomic E-state index is 12.7. The predicted molar refractivity (Wildman–Crippen MR) is 104 cm³/mol. The normalized spacial score (nSPS) is 24.5. The van der Waals surface area contributed by atoms with Crippen LogP contribution in [-0.2, 0) is 19.6 Å². The van der Waals surface area contributed by atoms with E-state index >= 15 is 0 Å². The van der Waals surface area contributed by atoms with Gasteiger partial charge in [0.25, 0.3) is 0 Å². The van der Waals surface area contributed by atoms with Crippen LogP contribution in [0.25, 0.3) is 0 Å². The lowest BCUT2D eigenvalue weighted by Crippen LogP contribution is -2.74. The topological polar surface area (TPSA) is 102 Å². The third-order valence-corrected chi connectivity index (χ3v) is 6.92. The molecule has 0 saturated heterocycles. The van der Waals surface area contributed by atoms with Gasteiger partial charge in [0.05, 0.1) is 11.0 Å². The van der Waals surface area contributed by atoms with Gasteiger partial charge in [-0.3, -0.25) is 4.79 Å². The molecule has 0 aromatic heterocycles. The lowest BCUT2D eigenvalue weighted by molar-refractivity contribution is -0.166. The molecule has 0 bridgehead atoms. The van der Waals surface area contributed by atoms with Crippen molar-refractivity contribution in [3.63, 3.8) is 0 Å². The molecule has 1 aliphatic rings. The molecule has 3 N–H and O–H groups in total. The Balaban J connectivity index is 0.00000338. The van der Waals surface area contributed by atoms with Crippen LogP contribution in [0.4, 0.5) is 5.69 Å². The summed E-state index contributed by atoms with van der Waals surface area (Å²) in [6, 6.07) is 6.15. The van der Waals surface area contributed by atoms with E-state index in [4.69, 9.17) is 10.5 Å². The molecule has 148 valence electrons. The van der Waals surface area contributed by atoms with Crippen LogP contribution in [0.15, 0.2) is 29.2 Å². The number of sulfonamides is 1. The Labute approximate surface area is 161 Å². The van der Waals surface area contributed by atoms with E-state index in [1.54, 1.807) is 12.1 Å². The lowest BCUT2D eigenvalue weighted by atomic mass is 9.54. The highest BCUT2D eigenvalue weighted by atomic mass is 35.5. The third-order valence-electron chi connectivity index (χ3n) is 5.11. The minimum Gasteiger partial charge on any atom is -0.378 e. The van der Waals surface area contributed by atoms with Gasteiger partial charge in [-0.05, 0) is 25.1 Å². The Morgan fingerprint density at radius 1 is 1.38 bits per heavy atom. The minimum absolute atomic E-state index is 0. The van der Waals surface area contributed by atoms with Crippen LogP contribution in [-0.4, -0.2) is 51.0 Å². The summed E-state index contributed by atoms with van der Waals surface area (Å²) < 4.78 is 31.2. The van der Waals surface area contributed by atoms with Gasteiger partial charge in [0.15, 0.2) is 0 Å². The monoisotopic (exact) mass is 405 g/mol. The molecule has 1 saturated carbocycles. The van der Waals surface area contributed by atoms with Crippen LogP contribution >= 0.6 is 12.4 Å². The van der Waals surface area contributed by atoms with Crippen molar-refractivity contribution in [2.45, 2.75) is 43.7 Å². The number of anilines is 1. The molecule has 26 heavy (non-hydrogen) atoms. The molecule has 9 heteroatoms. The molecule has 1 amide bonds. The highest BCUT2D eigenvalue weighted by Crippen LogP contribution is 2.50. The summed E-state index contributed by atoms with van der Waals surface area (Å²) in [6.45, 7) is 6.28. The second-order valence-corrected chi connectivity index (χ2v) is 9.26. The van der Waals surface area contributed by atoms with E-state index < -0.39 is 21.0 Å². The lowest BCUT2D eigenvalue weighted by Gasteiger charge is -2.57. The summed E-state index contributed by atoms with van der Waals surface area (Å²) in [5, 5.41) is 2.75. The molecular formula is C17H28ClN3O4S. The molecule has 2 rings (SSSR count). The summed E-state index contributed by atoms with van der Waals surface area (Å²) in [5.74, 6) is -0.340. The van der Waals surface area contributed by atoms with Crippen molar-refractivity contribution in [2.24, 2.45) is 11.1 Å². The molecule has 1 aliphatic carbocycles. The van der Waals surface area contributed by atoms with Crippen molar-refractivity contribution >= 4 is 34.0 Å². The minimum atomic E-state index is -3.57. The Kier molecular flexibility index (Phi) is 6.87. The van der Waals surface area contributed by atoms with Gasteiger partial charge < -0.3 is 15.8 Å². The number of benzene rings is 1. The van der Waals surface area contributed by atoms with E-state index in [-0.39, 0.29) is 29.3 Å². The number of nitrogens with two attached hydrogens (primary N) is 1. The van der Waals surface area contributed by atoms with Gasteiger partial charge in [-0.1, -0.05) is 19.9 Å². The Morgan fingerprint density at radius 2 is 2.00 bits per heavy atom. The van der Waals surface area contributed by atoms with Gasteiger partial charge in [0, 0.05) is 38.2 Å². The van der Waals surface area contributed by atoms with Crippen LogP contribution in [0.1, 0.15) is 27.2 Å². The molecule has 0 radical (unpaired) electrons. The van der Waals surface area contributed by atoms with E-state index in [0.717, 1.165) is 4.31 Å². The molecule has 1 aromatic carbocycles. The predicted octanol–water partition coefficient (Wildman–Crippen LogP) is 1.83. The van der Waals surface area contributed by atoms with E-state index in [1.807, 2.05) is 20.8 Å². The number of halogens is 1. The first-order valence-corrected chi connectivity index (χ1v) is 9.65. The fourth-order valence-electron chi connectivity index (χ4n) is 3.01. The number of hydrogen-bond acceptors (Lipinski definition) is 5. The van der Waals surface area contributed by atoms with E-state index in [2.05, 4.69) is 5.32 Å². The fourth-order valence-corrected chi connectivity index (χ4v) is 3.96. The number of ether oxygens (including phenoxy) is 1. The summed E-state index contributed by atoms with van der Waals surface area (Å²) in [6.07, 6.45) is 0.351. The number of rotatable bonds is 6. The maximum Gasteiger partial charge on any atom is 0.245 e. The zero-order valence-corrected chi connectivity index (χ0v) is 17.4.